The van der Waals surface area contributed by atoms with Gasteiger partial charge in [-0.3, -0.25) is 4.79 Å². The van der Waals surface area contributed by atoms with Crippen molar-refractivity contribution in [2.75, 3.05) is 18.5 Å². The number of fused-ring (bicyclic) bond motifs is 1. The summed E-state index contributed by atoms with van der Waals surface area (Å²) in [4.78, 5) is 17.0. The van der Waals surface area contributed by atoms with Gasteiger partial charge in [-0.2, -0.15) is 0 Å². The van der Waals surface area contributed by atoms with E-state index in [1.807, 2.05) is 55.6 Å². The van der Waals surface area contributed by atoms with Crippen LogP contribution in [0.25, 0.3) is 11.0 Å². The van der Waals surface area contributed by atoms with Gasteiger partial charge in [0.15, 0.2) is 0 Å². The van der Waals surface area contributed by atoms with Gasteiger partial charge in [0.2, 0.25) is 5.91 Å². The van der Waals surface area contributed by atoms with Crippen molar-refractivity contribution in [1.29, 1.82) is 0 Å². The average Bonchev–Trinajstić information content (AvgIpc) is 3.28. The van der Waals surface area contributed by atoms with E-state index in [9.17, 15) is 4.79 Å². The molecule has 1 fully saturated rings. The maximum atomic E-state index is 13.0. The van der Waals surface area contributed by atoms with Crippen molar-refractivity contribution in [3.8, 4) is 0 Å². The summed E-state index contributed by atoms with van der Waals surface area (Å²) >= 11 is 0. The van der Waals surface area contributed by atoms with Crippen molar-refractivity contribution in [3.05, 3.63) is 66.4 Å². The first-order valence-electron chi connectivity index (χ1n) is 8.76. The maximum Gasteiger partial charge on any atom is 0.245 e. The monoisotopic (exact) mass is 334 g/mol. The predicted octanol–water partition coefficient (Wildman–Crippen LogP) is 4.06. The molecule has 1 aliphatic rings. The van der Waals surface area contributed by atoms with Crippen LogP contribution in [0.15, 0.2) is 65.1 Å². The van der Waals surface area contributed by atoms with E-state index in [0.29, 0.717) is 6.54 Å². The minimum absolute atomic E-state index is 0.0863. The molecule has 128 valence electrons. The Morgan fingerprint density at radius 3 is 2.72 bits per heavy atom. The summed E-state index contributed by atoms with van der Waals surface area (Å²) in [5.74, 6) is 0.975. The van der Waals surface area contributed by atoms with E-state index in [2.05, 4.69) is 17.0 Å². The highest BCUT2D eigenvalue weighted by atomic mass is 16.3. The molecule has 1 amide bonds. The quantitative estimate of drug-likeness (QED) is 0.722. The van der Waals surface area contributed by atoms with E-state index in [4.69, 9.17) is 4.42 Å². The number of anilines is 1. The number of hydrogen-bond acceptors (Lipinski definition) is 3. The van der Waals surface area contributed by atoms with Gasteiger partial charge in [0.25, 0.3) is 0 Å². The molecule has 0 N–H and O–H groups in total. The van der Waals surface area contributed by atoms with E-state index >= 15 is 0 Å². The molecule has 2 aromatic carbocycles. The molecular weight excluding hydrogens is 312 g/mol. The van der Waals surface area contributed by atoms with Gasteiger partial charge >= 0.3 is 0 Å². The summed E-state index contributed by atoms with van der Waals surface area (Å²) in [6.45, 7) is 1.42. The summed E-state index contributed by atoms with van der Waals surface area (Å²) in [6, 6.07) is 20.1. The lowest BCUT2D eigenvalue weighted by Gasteiger charge is -2.29. The molecule has 1 atom stereocenters. The van der Waals surface area contributed by atoms with Crippen LogP contribution in [-0.4, -0.2) is 30.4 Å². The lowest BCUT2D eigenvalue weighted by molar-refractivity contribution is -0.131. The third-order valence-corrected chi connectivity index (χ3v) is 4.87. The summed E-state index contributed by atoms with van der Waals surface area (Å²) in [5.41, 5.74) is 1.99. The van der Waals surface area contributed by atoms with Gasteiger partial charge in [-0.1, -0.05) is 36.4 Å². The number of benzene rings is 2. The van der Waals surface area contributed by atoms with E-state index < -0.39 is 0 Å². The molecule has 4 heteroatoms. The standard InChI is InChI=1S/C21H22N2O2/c1-22(15-18-14-16-8-5-6-12-20(16)25-18)21(24)19-11-7-13-23(19)17-9-3-2-4-10-17/h2-6,8-10,12,14,19H,7,11,13,15H2,1H3/t19-/m0/s1. The Bertz CT molecular complexity index is 839. The van der Waals surface area contributed by atoms with Gasteiger partial charge in [0.1, 0.15) is 17.4 Å². The normalized spacial score (nSPS) is 17.2. The van der Waals surface area contributed by atoms with Crippen LogP contribution in [0.1, 0.15) is 18.6 Å². The number of likely N-dealkylation sites (N-methyl/N-ethyl adjacent to an activating group) is 1. The van der Waals surface area contributed by atoms with E-state index in [1.54, 1.807) is 4.90 Å². The fourth-order valence-corrected chi connectivity index (χ4v) is 3.63. The summed E-state index contributed by atoms with van der Waals surface area (Å²) in [6.07, 6.45) is 1.95. The largest absolute Gasteiger partial charge is 0.459 e. The Labute approximate surface area is 147 Å². The van der Waals surface area contributed by atoms with E-state index in [0.717, 1.165) is 41.8 Å². The van der Waals surface area contributed by atoms with Gasteiger partial charge in [-0.05, 0) is 37.1 Å². The van der Waals surface area contributed by atoms with Gasteiger partial charge < -0.3 is 14.2 Å². The van der Waals surface area contributed by atoms with Crippen LogP contribution in [0.5, 0.6) is 0 Å². The van der Waals surface area contributed by atoms with Crippen molar-refractivity contribution < 1.29 is 9.21 Å². The van der Waals surface area contributed by atoms with Crippen LogP contribution < -0.4 is 4.90 Å². The molecule has 0 unspecified atom stereocenters. The lowest BCUT2D eigenvalue weighted by atomic mass is 10.1. The first kappa shape index (κ1) is 15.8. The van der Waals surface area contributed by atoms with Crippen LogP contribution >= 0.6 is 0 Å². The number of hydrogen-bond donors (Lipinski definition) is 0. The number of amides is 1. The second-order valence-corrected chi connectivity index (χ2v) is 6.63. The zero-order chi connectivity index (χ0) is 17.2. The van der Waals surface area contributed by atoms with Crippen LogP contribution in [0, 0.1) is 0 Å². The van der Waals surface area contributed by atoms with E-state index in [-0.39, 0.29) is 11.9 Å². The van der Waals surface area contributed by atoms with Crippen molar-refractivity contribution in [1.82, 2.24) is 4.90 Å². The Morgan fingerprint density at radius 1 is 1.16 bits per heavy atom. The maximum absolute atomic E-state index is 13.0. The second-order valence-electron chi connectivity index (χ2n) is 6.63. The number of carbonyl (C=O) groups excluding carboxylic acids is 1. The summed E-state index contributed by atoms with van der Waals surface area (Å²) in [5, 5.41) is 1.07. The molecule has 0 spiro atoms. The molecule has 1 aromatic heterocycles. The zero-order valence-electron chi connectivity index (χ0n) is 14.4. The highest BCUT2D eigenvalue weighted by Gasteiger charge is 2.32. The molecule has 0 saturated carbocycles. The first-order chi connectivity index (χ1) is 12.2. The fourth-order valence-electron chi connectivity index (χ4n) is 3.63. The van der Waals surface area contributed by atoms with Crippen molar-refractivity contribution >= 4 is 22.6 Å². The minimum atomic E-state index is -0.0863. The molecule has 0 aliphatic carbocycles. The first-order valence-corrected chi connectivity index (χ1v) is 8.76. The van der Waals surface area contributed by atoms with Gasteiger partial charge in [-0.15, -0.1) is 0 Å². The molecule has 2 heterocycles. The number of furan rings is 1. The smallest absolute Gasteiger partial charge is 0.245 e. The summed E-state index contributed by atoms with van der Waals surface area (Å²) in [7, 11) is 1.86. The van der Waals surface area contributed by atoms with Gasteiger partial charge in [0, 0.05) is 24.7 Å². The van der Waals surface area contributed by atoms with Crippen molar-refractivity contribution in [3.63, 3.8) is 0 Å². The fraction of sp³-hybridized carbons (Fsp3) is 0.286. The Morgan fingerprint density at radius 2 is 1.92 bits per heavy atom. The number of para-hydroxylation sites is 2. The predicted molar refractivity (Wildman–Crippen MR) is 99.5 cm³/mol. The van der Waals surface area contributed by atoms with E-state index in [1.165, 1.54) is 0 Å². The third-order valence-electron chi connectivity index (χ3n) is 4.87. The number of carbonyl (C=O) groups is 1. The molecule has 0 radical (unpaired) electrons. The molecule has 4 nitrogen and oxygen atoms in total. The van der Waals surface area contributed by atoms with Crippen LogP contribution in [-0.2, 0) is 11.3 Å². The minimum Gasteiger partial charge on any atom is -0.459 e. The van der Waals surface area contributed by atoms with Gasteiger partial charge in [-0.25, -0.2) is 0 Å². The summed E-state index contributed by atoms with van der Waals surface area (Å²) < 4.78 is 5.86. The molecule has 1 aliphatic heterocycles. The topological polar surface area (TPSA) is 36.7 Å². The van der Waals surface area contributed by atoms with Crippen LogP contribution in [0.3, 0.4) is 0 Å². The third kappa shape index (κ3) is 3.12. The Kier molecular flexibility index (Phi) is 4.18. The lowest BCUT2D eigenvalue weighted by Crippen LogP contribution is -2.43. The van der Waals surface area contributed by atoms with Crippen LogP contribution in [0.4, 0.5) is 5.69 Å². The number of nitrogens with zero attached hydrogens (tertiary/aromatic N) is 2. The second kappa shape index (κ2) is 6.63. The van der Waals surface area contributed by atoms with Crippen molar-refractivity contribution in [2.45, 2.75) is 25.4 Å². The van der Waals surface area contributed by atoms with Gasteiger partial charge in [0.05, 0.1) is 6.54 Å². The Balaban J connectivity index is 1.49. The molecule has 0 bridgehead atoms. The Hall–Kier alpha value is -2.75. The molecule has 1 saturated heterocycles. The molecule has 25 heavy (non-hydrogen) atoms. The molecular formula is C21H22N2O2. The zero-order valence-corrected chi connectivity index (χ0v) is 14.4. The number of rotatable bonds is 4. The molecule has 4 rings (SSSR count). The van der Waals surface area contributed by atoms with Crippen LogP contribution in [0.2, 0.25) is 0 Å². The average molecular weight is 334 g/mol. The SMILES string of the molecule is CN(Cc1cc2ccccc2o1)C(=O)[C@@H]1CCCN1c1ccccc1. The molecule has 3 aromatic rings. The highest BCUT2D eigenvalue weighted by Crippen LogP contribution is 2.27. The highest BCUT2D eigenvalue weighted by molar-refractivity contribution is 5.86. The van der Waals surface area contributed by atoms with Crippen molar-refractivity contribution in [2.24, 2.45) is 0 Å².